The van der Waals surface area contributed by atoms with Crippen LogP contribution in [0.5, 0.6) is 5.75 Å². The summed E-state index contributed by atoms with van der Waals surface area (Å²) >= 11 is 0. The molecule has 2 N–H and O–H groups in total. The number of hydrogen-bond donors (Lipinski definition) is 2. The molecule has 1 aliphatic heterocycles. The zero-order chi connectivity index (χ0) is 18.8. The highest BCUT2D eigenvalue weighted by molar-refractivity contribution is 14.0. The number of guanidine groups is 1. The first-order valence-electron chi connectivity index (χ1n) is 9.66. The minimum atomic E-state index is -0.281. The van der Waals surface area contributed by atoms with E-state index in [4.69, 9.17) is 4.74 Å². The Labute approximate surface area is 180 Å². The Bertz CT molecular complexity index is 565. The number of rotatable bonds is 8. The Morgan fingerprint density at radius 3 is 2.70 bits per heavy atom. The third-order valence-electron chi connectivity index (χ3n) is 4.96. The number of hydrogen-bond acceptors (Lipinski definition) is 3. The molecule has 1 heterocycles. The summed E-state index contributed by atoms with van der Waals surface area (Å²) in [5, 5.41) is 6.70. The van der Waals surface area contributed by atoms with Crippen molar-refractivity contribution in [1.29, 1.82) is 0 Å². The van der Waals surface area contributed by atoms with E-state index in [1.807, 2.05) is 0 Å². The van der Waals surface area contributed by atoms with Crippen molar-refractivity contribution in [3.63, 3.8) is 0 Å². The molecule has 0 saturated carbocycles. The van der Waals surface area contributed by atoms with Gasteiger partial charge in [-0.3, -0.25) is 4.99 Å². The number of piperidine rings is 1. The Hall–Kier alpha value is -1.09. The Morgan fingerprint density at radius 1 is 1.33 bits per heavy atom. The van der Waals surface area contributed by atoms with Crippen LogP contribution in [0.3, 0.4) is 0 Å². The SMILES string of the molecule is CCC(CNC(=NC)NCCC1CCN(C)CC1)Oc1cccc(F)c1.I. The van der Waals surface area contributed by atoms with Gasteiger partial charge < -0.3 is 20.3 Å². The molecule has 27 heavy (non-hydrogen) atoms. The third-order valence-corrected chi connectivity index (χ3v) is 4.96. The van der Waals surface area contributed by atoms with Crippen LogP contribution in [0.1, 0.15) is 32.6 Å². The lowest BCUT2D eigenvalue weighted by atomic mass is 9.94. The molecule has 1 saturated heterocycles. The van der Waals surface area contributed by atoms with Crippen LogP contribution in [0.4, 0.5) is 4.39 Å². The molecule has 1 aromatic carbocycles. The largest absolute Gasteiger partial charge is 0.489 e. The number of benzene rings is 1. The smallest absolute Gasteiger partial charge is 0.191 e. The Balaban J connectivity index is 0.00000364. The lowest BCUT2D eigenvalue weighted by molar-refractivity contribution is 0.198. The summed E-state index contributed by atoms with van der Waals surface area (Å²) in [7, 11) is 3.97. The summed E-state index contributed by atoms with van der Waals surface area (Å²) in [4.78, 5) is 6.68. The van der Waals surface area contributed by atoms with Crippen molar-refractivity contribution in [2.24, 2.45) is 10.9 Å². The first kappa shape index (κ1) is 23.9. The average molecular weight is 492 g/mol. The van der Waals surface area contributed by atoms with Gasteiger partial charge in [0.15, 0.2) is 5.96 Å². The van der Waals surface area contributed by atoms with E-state index in [1.165, 1.54) is 44.5 Å². The maximum absolute atomic E-state index is 13.3. The Kier molecular flexibility index (Phi) is 11.7. The van der Waals surface area contributed by atoms with Gasteiger partial charge in [0.1, 0.15) is 17.7 Å². The van der Waals surface area contributed by atoms with Crippen LogP contribution in [0.25, 0.3) is 0 Å². The van der Waals surface area contributed by atoms with Crippen molar-refractivity contribution >= 4 is 29.9 Å². The summed E-state index contributed by atoms with van der Waals surface area (Å²) in [5.74, 6) is 1.87. The summed E-state index contributed by atoms with van der Waals surface area (Å²) in [6.45, 7) is 6.01. The van der Waals surface area contributed by atoms with Crippen molar-refractivity contribution in [1.82, 2.24) is 15.5 Å². The van der Waals surface area contributed by atoms with Crippen LogP contribution in [0, 0.1) is 11.7 Å². The fourth-order valence-corrected chi connectivity index (χ4v) is 3.18. The van der Waals surface area contributed by atoms with E-state index in [1.54, 1.807) is 19.2 Å². The van der Waals surface area contributed by atoms with Gasteiger partial charge in [0.2, 0.25) is 0 Å². The van der Waals surface area contributed by atoms with Crippen LogP contribution in [0.2, 0.25) is 0 Å². The molecule has 0 amide bonds. The maximum Gasteiger partial charge on any atom is 0.191 e. The molecule has 0 bridgehead atoms. The number of likely N-dealkylation sites (tertiary alicyclic amines) is 1. The molecular weight excluding hydrogens is 458 g/mol. The molecule has 1 fully saturated rings. The van der Waals surface area contributed by atoms with E-state index in [0.29, 0.717) is 12.3 Å². The van der Waals surface area contributed by atoms with Gasteiger partial charge in [0.05, 0.1) is 6.54 Å². The van der Waals surface area contributed by atoms with E-state index >= 15 is 0 Å². The van der Waals surface area contributed by atoms with Crippen LogP contribution >= 0.6 is 24.0 Å². The van der Waals surface area contributed by atoms with Crippen molar-refractivity contribution in [2.45, 2.75) is 38.7 Å². The van der Waals surface area contributed by atoms with Gasteiger partial charge >= 0.3 is 0 Å². The van der Waals surface area contributed by atoms with Crippen LogP contribution in [-0.4, -0.2) is 57.2 Å². The van der Waals surface area contributed by atoms with E-state index in [0.717, 1.165) is 24.8 Å². The second-order valence-corrected chi connectivity index (χ2v) is 7.02. The third kappa shape index (κ3) is 9.10. The highest BCUT2D eigenvalue weighted by Crippen LogP contribution is 2.18. The minimum absolute atomic E-state index is 0. The zero-order valence-corrected chi connectivity index (χ0v) is 19.0. The fraction of sp³-hybridized carbons (Fsp3) is 0.650. The molecular formula is C20H34FIN4O. The van der Waals surface area contributed by atoms with Crippen molar-refractivity contribution in [3.05, 3.63) is 30.1 Å². The molecule has 0 aliphatic carbocycles. The standard InChI is InChI=1S/C20H33FN4O.HI/c1-4-18(26-19-7-5-6-17(21)14-19)15-24-20(22-2)23-11-8-16-9-12-25(3)13-10-16;/h5-7,14,16,18H,4,8-13,15H2,1-3H3,(H2,22,23,24);1H. The number of ether oxygens (including phenoxy) is 1. The van der Waals surface area contributed by atoms with Gasteiger partial charge in [0, 0.05) is 19.7 Å². The normalized spacial score (nSPS) is 17.1. The molecule has 7 heteroatoms. The Morgan fingerprint density at radius 2 is 2.07 bits per heavy atom. The number of nitrogens with one attached hydrogen (secondary N) is 2. The van der Waals surface area contributed by atoms with Gasteiger partial charge in [0.25, 0.3) is 0 Å². The topological polar surface area (TPSA) is 48.9 Å². The second-order valence-electron chi connectivity index (χ2n) is 7.02. The highest BCUT2D eigenvalue weighted by Gasteiger charge is 2.16. The van der Waals surface area contributed by atoms with E-state index in [2.05, 4.69) is 34.5 Å². The van der Waals surface area contributed by atoms with Crippen LogP contribution in [-0.2, 0) is 0 Å². The maximum atomic E-state index is 13.3. The van der Waals surface area contributed by atoms with E-state index < -0.39 is 0 Å². The van der Waals surface area contributed by atoms with E-state index in [9.17, 15) is 4.39 Å². The van der Waals surface area contributed by atoms with Gasteiger partial charge in [-0.2, -0.15) is 0 Å². The van der Waals surface area contributed by atoms with Gasteiger partial charge in [-0.15, -0.1) is 24.0 Å². The number of nitrogens with zero attached hydrogens (tertiary/aromatic N) is 2. The molecule has 154 valence electrons. The molecule has 0 spiro atoms. The average Bonchev–Trinajstić information content (AvgIpc) is 2.65. The first-order chi connectivity index (χ1) is 12.6. The second kappa shape index (κ2) is 13.1. The zero-order valence-electron chi connectivity index (χ0n) is 16.7. The molecule has 5 nitrogen and oxygen atoms in total. The predicted molar refractivity (Wildman–Crippen MR) is 121 cm³/mol. The lowest BCUT2D eigenvalue weighted by Crippen LogP contribution is -2.43. The summed E-state index contributed by atoms with van der Waals surface area (Å²) in [6, 6.07) is 6.27. The molecule has 0 aromatic heterocycles. The van der Waals surface area contributed by atoms with E-state index in [-0.39, 0.29) is 35.9 Å². The number of halogens is 2. The number of aliphatic imine (C=N–C) groups is 1. The van der Waals surface area contributed by atoms with Gasteiger partial charge in [-0.1, -0.05) is 13.0 Å². The van der Waals surface area contributed by atoms with Gasteiger partial charge in [-0.05, 0) is 63.9 Å². The van der Waals surface area contributed by atoms with Crippen molar-refractivity contribution < 1.29 is 9.13 Å². The monoisotopic (exact) mass is 492 g/mol. The molecule has 1 aliphatic rings. The van der Waals surface area contributed by atoms with Crippen molar-refractivity contribution in [2.75, 3.05) is 40.3 Å². The quantitative estimate of drug-likeness (QED) is 0.332. The predicted octanol–water partition coefficient (Wildman–Crippen LogP) is 3.50. The molecule has 1 aromatic rings. The van der Waals surface area contributed by atoms with Crippen LogP contribution < -0.4 is 15.4 Å². The summed E-state index contributed by atoms with van der Waals surface area (Å²) in [5.41, 5.74) is 0. The minimum Gasteiger partial charge on any atom is -0.489 e. The summed E-state index contributed by atoms with van der Waals surface area (Å²) in [6.07, 6.45) is 4.53. The highest BCUT2D eigenvalue weighted by atomic mass is 127. The summed E-state index contributed by atoms with van der Waals surface area (Å²) < 4.78 is 19.1. The van der Waals surface area contributed by atoms with Crippen molar-refractivity contribution in [3.8, 4) is 5.75 Å². The first-order valence-corrected chi connectivity index (χ1v) is 9.66. The van der Waals surface area contributed by atoms with Gasteiger partial charge in [-0.25, -0.2) is 4.39 Å². The molecule has 2 rings (SSSR count). The van der Waals surface area contributed by atoms with Crippen LogP contribution in [0.15, 0.2) is 29.3 Å². The molecule has 1 unspecified atom stereocenters. The molecule has 1 atom stereocenters. The fourth-order valence-electron chi connectivity index (χ4n) is 3.18. The molecule has 0 radical (unpaired) electrons. The lowest BCUT2D eigenvalue weighted by Gasteiger charge is -2.29.